The average Bonchev–Trinajstić information content (AvgIpc) is 2.94. The number of aryl methyl sites for hydroxylation is 2. The second kappa shape index (κ2) is 14.6. The lowest BCUT2D eigenvalue weighted by Gasteiger charge is -2.21. The van der Waals surface area contributed by atoms with E-state index < -0.39 is 19.5 Å². The van der Waals surface area contributed by atoms with Gasteiger partial charge in [0, 0.05) is 0 Å². The van der Waals surface area contributed by atoms with E-state index in [0.717, 1.165) is 31.4 Å². The molecule has 0 heterocycles. The summed E-state index contributed by atoms with van der Waals surface area (Å²) in [6, 6.07) is 42.9. The van der Waals surface area contributed by atoms with Crippen LogP contribution in [-0.4, -0.2) is 19.5 Å². The van der Waals surface area contributed by atoms with Crippen LogP contribution in [0.5, 0.6) is 0 Å². The zero-order chi connectivity index (χ0) is 24.0. The summed E-state index contributed by atoms with van der Waals surface area (Å²) in [5, 5.41) is 0. The molecule has 0 bridgehead atoms. The molecule has 0 aliphatic rings. The summed E-state index contributed by atoms with van der Waals surface area (Å²) in [5.41, 5.74) is 6.50. The van der Waals surface area contributed by atoms with Gasteiger partial charge in [-0.25, -0.2) is 0 Å². The molecule has 0 saturated carbocycles. The Labute approximate surface area is 215 Å². The lowest BCUT2D eigenvalue weighted by Crippen LogP contribution is -2.14. The molecule has 4 aromatic carbocycles. The Hall–Kier alpha value is -2.77. The molecule has 0 N–H and O–H groups in total. The van der Waals surface area contributed by atoms with Crippen LogP contribution in [0.25, 0.3) is 0 Å². The number of hydrogen-bond donors (Lipinski definition) is 0. The standard InChI is InChI=1S/C31H36O2Si2/c1-5-13-26(14-6-1)21-23-30(28-17-9-3-10-18-28)32-34-25-35-33-31(29-19-11-4-12-20-29)24-22-27-15-7-2-8-16-27/h1-20,30-31H,21-25,34-35H2. The molecule has 2 atom stereocenters. The second-order valence-corrected chi connectivity index (χ2v) is 13.3. The molecule has 35 heavy (non-hydrogen) atoms. The summed E-state index contributed by atoms with van der Waals surface area (Å²) < 4.78 is 13.1. The van der Waals surface area contributed by atoms with Crippen LogP contribution < -0.4 is 0 Å². The van der Waals surface area contributed by atoms with Crippen LogP contribution in [-0.2, 0) is 21.7 Å². The Kier molecular flexibility index (Phi) is 10.6. The minimum absolute atomic E-state index is 0.181. The van der Waals surface area contributed by atoms with Crippen molar-refractivity contribution in [3.05, 3.63) is 144 Å². The lowest BCUT2D eigenvalue weighted by atomic mass is 10.0. The third-order valence-corrected chi connectivity index (χ3v) is 9.93. The Morgan fingerprint density at radius 1 is 0.457 bits per heavy atom. The van der Waals surface area contributed by atoms with Crippen molar-refractivity contribution in [1.29, 1.82) is 0 Å². The summed E-state index contributed by atoms with van der Waals surface area (Å²) in [4.78, 5) is 0. The van der Waals surface area contributed by atoms with Crippen LogP contribution in [0.3, 0.4) is 0 Å². The van der Waals surface area contributed by atoms with Crippen molar-refractivity contribution in [2.45, 2.75) is 43.6 Å². The van der Waals surface area contributed by atoms with Gasteiger partial charge < -0.3 is 8.85 Å². The van der Waals surface area contributed by atoms with E-state index in [-0.39, 0.29) is 12.2 Å². The molecule has 4 heteroatoms. The van der Waals surface area contributed by atoms with Gasteiger partial charge in [0.05, 0.1) is 12.2 Å². The fourth-order valence-electron chi connectivity index (χ4n) is 4.42. The Balaban J connectivity index is 1.27. The minimum Gasteiger partial charge on any atom is -0.417 e. The van der Waals surface area contributed by atoms with E-state index in [9.17, 15) is 0 Å². The van der Waals surface area contributed by atoms with Crippen molar-refractivity contribution in [3.8, 4) is 0 Å². The Morgan fingerprint density at radius 3 is 1.17 bits per heavy atom. The van der Waals surface area contributed by atoms with Gasteiger partial charge in [-0.3, -0.25) is 0 Å². The molecule has 4 aromatic rings. The highest BCUT2D eigenvalue weighted by atomic mass is 28.3. The molecule has 2 unspecified atom stereocenters. The molecular formula is C31H36O2Si2. The molecule has 0 aromatic heterocycles. The highest BCUT2D eigenvalue weighted by Crippen LogP contribution is 2.25. The van der Waals surface area contributed by atoms with Crippen molar-refractivity contribution in [3.63, 3.8) is 0 Å². The normalized spacial score (nSPS) is 13.5. The number of hydrogen-bond acceptors (Lipinski definition) is 2. The molecule has 0 aliphatic heterocycles. The Bertz CT molecular complexity index is 987. The summed E-state index contributed by atoms with van der Waals surface area (Å²) in [7, 11) is -1.26. The van der Waals surface area contributed by atoms with Crippen molar-refractivity contribution < 1.29 is 8.85 Å². The maximum absolute atomic E-state index is 6.56. The molecule has 0 saturated heterocycles. The third kappa shape index (κ3) is 8.75. The number of rotatable bonds is 14. The van der Waals surface area contributed by atoms with Crippen LogP contribution in [0.4, 0.5) is 0 Å². The largest absolute Gasteiger partial charge is 0.417 e. The molecular weight excluding hydrogens is 461 g/mol. The van der Waals surface area contributed by atoms with E-state index in [1.54, 1.807) is 0 Å². The van der Waals surface area contributed by atoms with E-state index in [0.29, 0.717) is 0 Å². The molecule has 0 radical (unpaired) electrons. The van der Waals surface area contributed by atoms with Gasteiger partial charge in [-0.05, 0) is 53.6 Å². The van der Waals surface area contributed by atoms with Gasteiger partial charge in [0.25, 0.3) is 0 Å². The highest BCUT2D eigenvalue weighted by molar-refractivity contribution is 6.48. The van der Waals surface area contributed by atoms with E-state index in [1.807, 2.05) is 0 Å². The predicted molar refractivity (Wildman–Crippen MR) is 152 cm³/mol. The van der Waals surface area contributed by atoms with Crippen molar-refractivity contribution in [2.75, 3.05) is 0 Å². The minimum atomic E-state index is -0.631. The maximum Gasteiger partial charge on any atom is 0.161 e. The molecule has 180 valence electrons. The van der Waals surface area contributed by atoms with Gasteiger partial charge >= 0.3 is 0 Å². The van der Waals surface area contributed by atoms with Gasteiger partial charge in [-0.2, -0.15) is 0 Å². The molecule has 0 fully saturated rings. The SMILES string of the molecule is c1ccc(CCC(O[SiH2]C[SiH2]OC(CCc2ccccc2)c2ccccc2)c2ccccc2)cc1. The molecule has 0 spiro atoms. The van der Waals surface area contributed by atoms with Gasteiger partial charge in [-0.15, -0.1) is 0 Å². The first-order valence-electron chi connectivity index (χ1n) is 12.8. The topological polar surface area (TPSA) is 18.5 Å². The summed E-state index contributed by atoms with van der Waals surface area (Å²) >= 11 is 0. The van der Waals surface area contributed by atoms with Crippen LogP contribution in [0, 0.1) is 0 Å². The lowest BCUT2D eigenvalue weighted by molar-refractivity contribution is 0.198. The van der Waals surface area contributed by atoms with Crippen LogP contribution in [0.15, 0.2) is 121 Å². The van der Waals surface area contributed by atoms with Gasteiger partial charge in [0.15, 0.2) is 19.5 Å². The summed E-state index contributed by atoms with van der Waals surface area (Å²) in [6.07, 6.45) is 4.48. The van der Waals surface area contributed by atoms with E-state index in [4.69, 9.17) is 8.85 Å². The molecule has 2 nitrogen and oxygen atoms in total. The van der Waals surface area contributed by atoms with Crippen LogP contribution in [0.2, 0.25) is 5.67 Å². The van der Waals surface area contributed by atoms with Crippen molar-refractivity contribution in [1.82, 2.24) is 0 Å². The van der Waals surface area contributed by atoms with E-state index in [1.165, 1.54) is 22.3 Å². The first-order valence-corrected chi connectivity index (χ1v) is 15.9. The molecule has 0 aliphatic carbocycles. The fourth-order valence-corrected chi connectivity index (χ4v) is 7.51. The summed E-state index contributed by atoms with van der Waals surface area (Å²) in [5.74, 6) is 0. The van der Waals surface area contributed by atoms with E-state index in [2.05, 4.69) is 121 Å². The van der Waals surface area contributed by atoms with Gasteiger partial charge in [-0.1, -0.05) is 121 Å². The van der Waals surface area contributed by atoms with Crippen LogP contribution in [0.1, 0.15) is 47.3 Å². The van der Waals surface area contributed by atoms with Crippen molar-refractivity contribution in [2.24, 2.45) is 0 Å². The third-order valence-electron chi connectivity index (χ3n) is 6.35. The Morgan fingerprint density at radius 2 is 0.800 bits per heavy atom. The highest BCUT2D eigenvalue weighted by Gasteiger charge is 2.14. The van der Waals surface area contributed by atoms with Crippen LogP contribution >= 0.6 is 0 Å². The van der Waals surface area contributed by atoms with Gasteiger partial charge in [0.1, 0.15) is 0 Å². The molecule has 4 rings (SSSR count). The zero-order valence-electron chi connectivity index (χ0n) is 20.5. The fraction of sp³-hybridized carbons (Fsp3) is 0.226. The van der Waals surface area contributed by atoms with Crippen molar-refractivity contribution >= 4 is 19.5 Å². The first-order chi connectivity index (χ1) is 17.4. The molecule has 0 amide bonds. The second-order valence-electron chi connectivity index (χ2n) is 8.94. The zero-order valence-corrected chi connectivity index (χ0v) is 23.3. The summed E-state index contributed by atoms with van der Waals surface area (Å²) in [6.45, 7) is 0. The smallest absolute Gasteiger partial charge is 0.161 e. The predicted octanol–water partition coefficient (Wildman–Crippen LogP) is 6.31. The van der Waals surface area contributed by atoms with E-state index >= 15 is 0 Å². The monoisotopic (exact) mass is 496 g/mol. The van der Waals surface area contributed by atoms with Gasteiger partial charge in [0.2, 0.25) is 0 Å². The average molecular weight is 497 g/mol. The maximum atomic E-state index is 6.56. The quantitative estimate of drug-likeness (QED) is 0.150. The first kappa shape index (κ1) is 25.3. The number of benzene rings is 4.